The van der Waals surface area contributed by atoms with E-state index in [4.69, 9.17) is 9.15 Å². The van der Waals surface area contributed by atoms with E-state index in [1.807, 2.05) is 6.92 Å². The van der Waals surface area contributed by atoms with Gasteiger partial charge < -0.3 is 14.5 Å². The van der Waals surface area contributed by atoms with Gasteiger partial charge in [-0.15, -0.1) is 0 Å². The Morgan fingerprint density at radius 2 is 2.17 bits per heavy atom. The maximum absolute atomic E-state index is 12.5. The van der Waals surface area contributed by atoms with Crippen LogP contribution in [0.1, 0.15) is 17.3 Å². The molecule has 3 rings (SSSR count). The highest BCUT2D eigenvalue weighted by Crippen LogP contribution is 2.23. The van der Waals surface area contributed by atoms with E-state index in [0.29, 0.717) is 29.1 Å². The molecule has 0 aliphatic heterocycles. The van der Waals surface area contributed by atoms with Crippen LogP contribution in [-0.4, -0.2) is 22.8 Å². The monoisotopic (exact) mass is 313 g/mol. The average molecular weight is 313 g/mol. The predicted octanol–water partition coefficient (Wildman–Crippen LogP) is 2.27. The number of carbonyl (C=O) groups is 1. The molecule has 0 fully saturated rings. The van der Waals surface area contributed by atoms with Gasteiger partial charge in [0.1, 0.15) is 11.3 Å². The van der Waals surface area contributed by atoms with Gasteiger partial charge in [-0.1, -0.05) is 0 Å². The summed E-state index contributed by atoms with van der Waals surface area (Å²) >= 11 is 0. The number of anilines is 1. The number of rotatable bonds is 4. The molecule has 2 heterocycles. The molecule has 0 radical (unpaired) electrons. The number of nitrogens with zero attached hydrogens (tertiary/aromatic N) is 2. The summed E-state index contributed by atoms with van der Waals surface area (Å²) in [6.45, 7) is 2.65. The van der Waals surface area contributed by atoms with Gasteiger partial charge in [-0.2, -0.15) is 5.10 Å². The summed E-state index contributed by atoms with van der Waals surface area (Å²) in [6, 6.07) is 7.81. The quantitative estimate of drug-likeness (QED) is 0.747. The van der Waals surface area contributed by atoms with Gasteiger partial charge in [0.05, 0.1) is 12.7 Å². The lowest BCUT2D eigenvalue weighted by Gasteiger charge is -2.06. The molecule has 3 aromatic rings. The summed E-state index contributed by atoms with van der Waals surface area (Å²) in [7, 11) is 1.51. The van der Waals surface area contributed by atoms with E-state index in [0.717, 1.165) is 0 Å². The zero-order valence-electron chi connectivity index (χ0n) is 12.7. The summed E-state index contributed by atoms with van der Waals surface area (Å²) < 4.78 is 11.9. The fourth-order valence-corrected chi connectivity index (χ4v) is 2.25. The molecule has 7 heteroatoms. The SMILES string of the molecule is CCn1ccc(NC(=O)c2cc(=O)oc3cc(OC)ccc23)n1. The average Bonchev–Trinajstić information content (AvgIpc) is 3.00. The molecule has 2 aromatic heterocycles. The van der Waals surface area contributed by atoms with Crippen molar-refractivity contribution in [1.29, 1.82) is 0 Å². The minimum Gasteiger partial charge on any atom is -0.497 e. The summed E-state index contributed by atoms with van der Waals surface area (Å²) in [6.07, 6.45) is 1.76. The van der Waals surface area contributed by atoms with Crippen LogP contribution < -0.4 is 15.7 Å². The number of hydrogen-bond acceptors (Lipinski definition) is 5. The number of hydrogen-bond donors (Lipinski definition) is 1. The largest absolute Gasteiger partial charge is 0.497 e. The molecule has 0 unspecified atom stereocenters. The normalized spacial score (nSPS) is 10.7. The maximum Gasteiger partial charge on any atom is 0.337 e. The lowest BCUT2D eigenvalue weighted by Crippen LogP contribution is -2.15. The number of nitrogens with one attached hydrogen (secondary N) is 1. The standard InChI is InChI=1S/C16H15N3O4/c1-3-19-7-6-14(18-19)17-16(21)12-9-15(20)23-13-8-10(22-2)4-5-11(12)13/h4-9H,3H2,1-2H3,(H,17,18,21). The minimum atomic E-state index is -0.602. The van der Waals surface area contributed by atoms with E-state index in [9.17, 15) is 9.59 Å². The molecule has 0 bridgehead atoms. The number of amides is 1. The van der Waals surface area contributed by atoms with Gasteiger partial charge in [0.25, 0.3) is 5.91 Å². The van der Waals surface area contributed by atoms with Crippen LogP contribution in [0.2, 0.25) is 0 Å². The van der Waals surface area contributed by atoms with Gasteiger partial charge in [-0.05, 0) is 19.1 Å². The first-order valence-electron chi connectivity index (χ1n) is 7.07. The number of aryl methyl sites for hydroxylation is 1. The van der Waals surface area contributed by atoms with Gasteiger partial charge in [0, 0.05) is 36.3 Å². The Hall–Kier alpha value is -3.09. The highest BCUT2D eigenvalue weighted by Gasteiger charge is 2.15. The Labute approximate surface area is 131 Å². The number of fused-ring (bicyclic) bond motifs is 1. The molecule has 1 amide bonds. The summed E-state index contributed by atoms with van der Waals surface area (Å²) in [5.74, 6) is 0.543. The molecule has 1 aromatic carbocycles. The van der Waals surface area contributed by atoms with Crippen molar-refractivity contribution < 1.29 is 13.9 Å². The van der Waals surface area contributed by atoms with Crippen LogP contribution in [0.25, 0.3) is 11.0 Å². The molecular formula is C16H15N3O4. The highest BCUT2D eigenvalue weighted by atomic mass is 16.5. The third-order valence-corrected chi connectivity index (χ3v) is 3.40. The fourth-order valence-electron chi connectivity index (χ4n) is 2.25. The van der Waals surface area contributed by atoms with Crippen LogP contribution in [0.15, 0.2) is 45.7 Å². The van der Waals surface area contributed by atoms with Gasteiger partial charge >= 0.3 is 5.63 Å². The molecule has 7 nitrogen and oxygen atoms in total. The van der Waals surface area contributed by atoms with Crippen molar-refractivity contribution in [3.8, 4) is 5.75 Å². The second-order valence-electron chi connectivity index (χ2n) is 4.85. The van der Waals surface area contributed by atoms with E-state index < -0.39 is 11.5 Å². The molecule has 0 atom stereocenters. The van der Waals surface area contributed by atoms with E-state index >= 15 is 0 Å². The first-order chi connectivity index (χ1) is 11.1. The van der Waals surface area contributed by atoms with Crippen LogP contribution in [0.5, 0.6) is 5.75 Å². The summed E-state index contributed by atoms with van der Waals surface area (Å²) in [5, 5.41) is 7.39. The second kappa shape index (κ2) is 5.96. The van der Waals surface area contributed by atoms with Crippen molar-refractivity contribution in [2.24, 2.45) is 0 Å². The van der Waals surface area contributed by atoms with E-state index in [-0.39, 0.29) is 5.56 Å². The van der Waals surface area contributed by atoms with Crippen LogP contribution in [0.3, 0.4) is 0 Å². The topological polar surface area (TPSA) is 86.4 Å². The lowest BCUT2D eigenvalue weighted by atomic mass is 10.1. The Morgan fingerprint density at radius 3 is 2.87 bits per heavy atom. The van der Waals surface area contributed by atoms with Gasteiger partial charge in [-0.25, -0.2) is 4.79 Å². The van der Waals surface area contributed by atoms with Crippen LogP contribution in [0.4, 0.5) is 5.82 Å². The van der Waals surface area contributed by atoms with Gasteiger partial charge in [-0.3, -0.25) is 9.48 Å². The Morgan fingerprint density at radius 1 is 1.35 bits per heavy atom. The first kappa shape index (κ1) is 14.8. The zero-order chi connectivity index (χ0) is 16.4. The van der Waals surface area contributed by atoms with Crippen molar-refractivity contribution in [1.82, 2.24) is 9.78 Å². The molecule has 23 heavy (non-hydrogen) atoms. The molecule has 0 aliphatic carbocycles. The van der Waals surface area contributed by atoms with E-state index in [1.165, 1.54) is 13.2 Å². The predicted molar refractivity (Wildman–Crippen MR) is 84.9 cm³/mol. The Kier molecular flexibility index (Phi) is 3.84. The first-order valence-corrected chi connectivity index (χ1v) is 7.07. The van der Waals surface area contributed by atoms with E-state index in [1.54, 1.807) is 35.1 Å². The summed E-state index contributed by atoms with van der Waals surface area (Å²) in [5.41, 5.74) is -0.0824. The number of methoxy groups -OCH3 is 1. The number of benzene rings is 1. The van der Waals surface area contributed by atoms with Crippen LogP contribution >= 0.6 is 0 Å². The molecule has 0 saturated carbocycles. The molecule has 1 N–H and O–H groups in total. The number of carbonyl (C=O) groups excluding carboxylic acids is 1. The zero-order valence-corrected chi connectivity index (χ0v) is 12.7. The lowest BCUT2D eigenvalue weighted by molar-refractivity contribution is 0.102. The van der Waals surface area contributed by atoms with Crippen molar-refractivity contribution in [2.45, 2.75) is 13.5 Å². The van der Waals surface area contributed by atoms with Gasteiger partial charge in [0.15, 0.2) is 5.82 Å². The Bertz CT molecular complexity index is 926. The van der Waals surface area contributed by atoms with Crippen molar-refractivity contribution in [2.75, 3.05) is 12.4 Å². The summed E-state index contributed by atoms with van der Waals surface area (Å²) in [4.78, 5) is 24.2. The third kappa shape index (κ3) is 2.94. The van der Waals surface area contributed by atoms with Crippen LogP contribution in [0, 0.1) is 0 Å². The van der Waals surface area contributed by atoms with Crippen molar-refractivity contribution in [3.05, 3.63) is 52.5 Å². The highest BCUT2D eigenvalue weighted by molar-refractivity contribution is 6.11. The van der Waals surface area contributed by atoms with Crippen molar-refractivity contribution >= 4 is 22.7 Å². The number of ether oxygens (including phenoxy) is 1. The molecule has 0 spiro atoms. The van der Waals surface area contributed by atoms with Gasteiger partial charge in [0.2, 0.25) is 0 Å². The smallest absolute Gasteiger partial charge is 0.337 e. The number of aromatic nitrogens is 2. The maximum atomic E-state index is 12.5. The molecule has 0 saturated heterocycles. The third-order valence-electron chi connectivity index (χ3n) is 3.40. The second-order valence-corrected chi connectivity index (χ2v) is 4.85. The van der Waals surface area contributed by atoms with Crippen molar-refractivity contribution in [3.63, 3.8) is 0 Å². The Balaban J connectivity index is 2.00. The minimum absolute atomic E-state index is 0.227. The van der Waals surface area contributed by atoms with Crippen LogP contribution in [-0.2, 0) is 6.54 Å². The van der Waals surface area contributed by atoms with E-state index in [2.05, 4.69) is 10.4 Å². The molecular weight excluding hydrogens is 298 g/mol. The fraction of sp³-hybridized carbons (Fsp3) is 0.188. The molecule has 118 valence electrons. The molecule has 0 aliphatic rings.